The molecule has 0 aromatic heterocycles. The van der Waals surface area contributed by atoms with Gasteiger partial charge in [-0.25, -0.2) is 0 Å². The van der Waals surface area contributed by atoms with E-state index in [1.807, 2.05) is 6.07 Å². The minimum atomic E-state index is -0.200. The third-order valence-electron chi connectivity index (χ3n) is 3.36. The topological polar surface area (TPSA) is 58.2 Å². The van der Waals surface area contributed by atoms with Gasteiger partial charge in [0.2, 0.25) is 11.8 Å². The van der Waals surface area contributed by atoms with Crippen molar-refractivity contribution in [2.24, 2.45) is 0 Å². The molecule has 0 bridgehead atoms. The standard InChI is InChI=1S/C15H20N2O2/c18-14-10-9-13(15(19)17-14)16-11-5-4-8-12-6-2-1-3-7-12/h1-3,6-7,13,16H,4-5,8-11H2,(H,17,18,19). The van der Waals surface area contributed by atoms with Gasteiger partial charge in [-0.2, -0.15) is 0 Å². The van der Waals surface area contributed by atoms with E-state index in [0.717, 1.165) is 25.8 Å². The van der Waals surface area contributed by atoms with Crippen molar-refractivity contribution in [3.05, 3.63) is 35.9 Å². The molecule has 1 unspecified atom stereocenters. The van der Waals surface area contributed by atoms with Crippen molar-refractivity contribution >= 4 is 11.8 Å². The van der Waals surface area contributed by atoms with Gasteiger partial charge in [-0.15, -0.1) is 0 Å². The highest BCUT2D eigenvalue weighted by Crippen LogP contribution is 2.06. The predicted octanol–water partition coefficient (Wildman–Crippen LogP) is 1.40. The first-order valence-corrected chi connectivity index (χ1v) is 6.87. The Balaban J connectivity index is 1.59. The van der Waals surface area contributed by atoms with Gasteiger partial charge in [0, 0.05) is 6.42 Å². The zero-order chi connectivity index (χ0) is 13.5. The Morgan fingerprint density at radius 3 is 2.68 bits per heavy atom. The number of amides is 2. The highest BCUT2D eigenvalue weighted by atomic mass is 16.2. The molecular formula is C15H20N2O2. The van der Waals surface area contributed by atoms with E-state index in [0.29, 0.717) is 12.8 Å². The Kier molecular flexibility index (Phi) is 5.10. The number of hydrogen-bond donors (Lipinski definition) is 2. The van der Waals surface area contributed by atoms with E-state index in [9.17, 15) is 9.59 Å². The Morgan fingerprint density at radius 2 is 1.95 bits per heavy atom. The summed E-state index contributed by atoms with van der Waals surface area (Å²) in [6.07, 6.45) is 4.26. The highest BCUT2D eigenvalue weighted by molar-refractivity contribution is 6.00. The maximum atomic E-state index is 11.5. The van der Waals surface area contributed by atoms with Gasteiger partial charge >= 0.3 is 0 Å². The quantitative estimate of drug-likeness (QED) is 0.600. The highest BCUT2D eigenvalue weighted by Gasteiger charge is 2.25. The molecule has 2 N–H and O–H groups in total. The fourth-order valence-electron chi connectivity index (χ4n) is 2.26. The second-order valence-corrected chi connectivity index (χ2v) is 4.90. The smallest absolute Gasteiger partial charge is 0.243 e. The molecule has 102 valence electrons. The number of aryl methyl sites for hydroxylation is 1. The van der Waals surface area contributed by atoms with E-state index in [2.05, 4.69) is 34.9 Å². The number of nitrogens with one attached hydrogen (secondary N) is 2. The van der Waals surface area contributed by atoms with Crippen molar-refractivity contribution < 1.29 is 9.59 Å². The second kappa shape index (κ2) is 7.04. The molecule has 0 radical (unpaired) electrons. The van der Waals surface area contributed by atoms with Crippen LogP contribution in [0.5, 0.6) is 0 Å². The fraction of sp³-hybridized carbons (Fsp3) is 0.467. The van der Waals surface area contributed by atoms with Crippen LogP contribution in [0.15, 0.2) is 30.3 Å². The molecule has 4 heteroatoms. The minimum absolute atomic E-state index is 0.160. The molecule has 2 rings (SSSR count). The molecule has 1 aliphatic rings. The number of piperidine rings is 1. The zero-order valence-electron chi connectivity index (χ0n) is 11.0. The van der Waals surface area contributed by atoms with Gasteiger partial charge < -0.3 is 5.32 Å². The second-order valence-electron chi connectivity index (χ2n) is 4.90. The normalized spacial score (nSPS) is 19.3. The van der Waals surface area contributed by atoms with Gasteiger partial charge in [-0.05, 0) is 37.8 Å². The first-order valence-electron chi connectivity index (χ1n) is 6.87. The summed E-state index contributed by atoms with van der Waals surface area (Å²) < 4.78 is 0. The largest absolute Gasteiger partial charge is 0.306 e. The first kappa shape index (κ1) is 13.7. The summed E-state index contributed by atoms with van der Waals surface area (Å²) in [5, 5.41) is 5.57. The van der Waals surface area contributed by atoms with Gasteiger partial charge in [0.1, 0.15) is 0 Å². The molecule has 1 atom stereocenters. The monoisotopic (exact) mass is 260 g/mol. The van der Waals surface area contributed by atoms with Crippen LogP contribution in [-0.4, -0.2) is 24.4 Å². The van der Waals surface area contributed by atoms with E-state index in [1.165, 1.54) is 5.56 Å². The summed E-state index contributed by atoms with van der Waals surface area (Å²) in [6.45, 7) is 0.819. The number of unbranched alkanes of at least 4 members (excludes halogenated alkanes) is 1. The maximum Gasteiger partial charge on any atom is 0.243 e. The van der Waals surface area contributed by atoms with Crippen molar-refractivity contribution in [2.45, 2.75) is 38.1 Å². The zero-order valence-corrected chi connectivity index (χ0v) is 11.0. The van der Waals surface area contributed by atoms with E-state index < -0.39 is 0 Å². The molecule has 0 saturated carbocycles. The van der Waals surface area contributed by atoms with Crippen molar-refractivity contribution in [3.63, 3.8) is 0 Å². The van der Waals surface area contributed by atoms with Crippen LogP contribution in [0, 0.1) is 0 Å². The lowest BCUT2D eigenvalue weighted by Gasteiger charge is -2.21. The molecule has 1 saturated heterocycles. The molecular weight excluding hydrogens is 240 g/mol. The van der Waals surface area contributed by atoms with Crippen LogP contribution in [-0.2, 0) is 16.0 Å². The van der Waals surface area contributed by atoms with E-state index in [1.54, 1.807) is 0 Å². The minimum Gasteiger partial charge on any atom is -0.306 e. The Labute approximate surface area is 113 Å². The number of benzene rings is 1. The Hall–Kier alpha value is -1.68. The van der Waals surface area contributed by atoms with Crippen molar-refractivity contribution in [3.8, 4) is 0 Å². The fourth-order valence-corrected chi connectivity index (χ4v) is 2.26. The summed E-state index contributed by atoms with van der Waals surface area (Å²) in [5.41, 5.74) is 1.35. The predicted molar refractivity (Wildman–Crippen MR) is 73.6 cm³/mol. The van der Waals surface area contributed by atoms with Gasteiger partial charge in [-0.3, -0.25) is 14.9 Å². The van der Waals surface area contributed by atoms with Crippen LogP contribution >= 0.6 is 0 Å². The molecule has 0 aliphatic carbocycles. The number of hydrogen-bond acceptors (Lipinski definition) is 3. The SMILES string of the molecule is O=C1CCC(NCCCCc2ccccc2)C(=O)N1. The number of imide groups is 1. The average Bonchev–Trinajstić information content (AvgIpc) is 2.42. The van der Waals surface area contributed by atoms with Crippen LogP contribution < -0.4 is 10.6 Å². The summed E-state index contributed by atoms with van der Waals surface area (Å²) in [7, 11) is 0. The van der Waals surface area contributed by atoms with Gasteiger partial charge in [0.05, 0.1) is 6.04 Å². The van der Waals surface area contributed by atoms with Gasteiger partial charge in [0.15, 0.2) is 0 Å². The van der Waals surface area contributed by atoms with E-state index in [4.69, 9.17) is 0 Å². The first-order chi connectivity index (χ1) is 9.25. The van der Waals surface area contributed by atoms with Crippen LogP contribution in [0.1, 0.15) is 31.2 Å². The number of carbonyl (C=O) groups excluding carboxylic acids is 2. The lowest BCUT2D eigenvalue weighted by Crippen LogP contribution is -2.50. The van der Waals surface area contributed by atoms with Gasteiger partial charge in [-0.1, -0.05) is 30.3 Å². The molecule has 1 aliphatic heterocycles. The summed E-state index contributed by atoms with van der Waals surface area (Å²) >= 11 is 0. The van der Waals surface area contributed by atoms with Crippen LogP contribution in [0.25, 0.3) is 0 Å². The lowest BCUT2D eigenvalue weighted by molar-refractivity contribution is -0.134. The molecule has 4 nitrogen and oxygen atoms in total. The molecule has 1 aromatic rings. The molecule has 0 spiro atoms. The maximum absolute atomic E-state index is 11.5. The Bertz CT molecular complexity index is 431. The average molecular weight is 260 g/mol. The number of carbonyl (C=O) groups is 2. The van der Waals surface area contributed by atoms with Gasteiger partial charge in [0.25, 0.3) is 0 Å². The van der Waals surface area contributed by atoms with E-state index in [-0.39, 0.29) is 17.9 Å². The third kappa shape index (κ3) is 4.48. The lowest BCUT2D eigenvalue weighted by atomic mass is 10.1. The summed E-state index contributed by atoms with van der Waals surface area (Å²) in [5.74, 6) is -0.341. The molecule has 19 heavy (non-hydrogen) atoms. The molecule has 1 heterocycles. The molecule has 1 fully saturated rings. The van der Waals surface area contributed by atoms with Crippen molar-refractivity contribution in [1.29, 1.82) is 0 Å². The third-order valence-corrected chi connectivity index (χ3v) is 3.36. The van der Waals surface area contributed by atoms with Crippen LogP contribution in [0.3, 0.4) is 0 Å². The number of rotatable bonds is 6. The molecule has 2 amide bonds. The molecule has 1 aromatic carbocycles. The van der Waals surface area contributed by atoms with Crippen LogP contribution in [0.4, 0.5) is 0 Å². The summed E-state index contributed by atoms with van der Waals surface area (Å²) in [6, 6.07) is 10.2. The van der Waals surface area contributed by atoms with Crippen LogP contribution in [0.2, 0.25) is 0 Å². The Morgan fingerprint density at radius 1 is 1.16 bits per heavy atom. The van der Waals surface area contributed by atoms with Crippen molar-refractivity contribution in [2.75, 3.05) is 6.54 Å². The van der Waals surface area contributed by atoms with E-state index >= 15 is 0 Å². The summed E-state index contributed by atoms with van der Waals surface area (Å²) in [4.78, 5) is 22.5. The van der Waals surface area contributed by atoms with Crippen molar-refractivity contribution in [1.82, 2.24) is 10.6 Å².